The minimum atomic E-state index is -0.104. The molecule has 0 saturated carbocycles. The van der Waals surface area contributed by atoms with E-state index in [1.165, 1.54) is 0 Å². The van der Waals surface area contributed by atoms with Gasteiger partial charge in [0.15, 0.2) is 0 Å². The molecule has 2 aliphatic heterocycles. The van der Waals surface area contributed by atoms with Gasteiger partial charge in [0.1, 0.15) is 0 Å². The van der Waals surface area contributed by atoms with Crippen LogP contribution in [0.25, 0.3) is 0 Å². The largest absolute Gasteiger partial charge is 0.341 e. The predicted octanol–water partition coefficient (Wildman–Crippen LogP) is 2.81. The van der Waals surface area contributed by atoms with Crippen LogP contribution in [0, 0.1) is 12.8 Å². The Bertz CT molecular complexity index is 602. The number of amides is 3. The van der Waals surface area contributed by atoms with Gasteiger partial charge in [-0.2, -0.15) is 11.8 Å². The third-order valence-corrected chi connectivity index (χ3v) is 5.59. The second-order valence-corrected chi connectivity index (χ2v) is 7.75. The molecule has 0 spiro atoms. The van der Waals surface area contributed by atoms with E-state index < -0.39 is 0 Å². The highest BCUT2D eigenvalue weighted by Gasteiger charge is 2.31. The highest BCUT2D eigenvalue weighted by atomic mass is 32.2. The van der Waals surface area contributed by atoms with E-state index in [1.807, 2.05) is 47.9 Å². The fraction of sp³-hybridized carbons (Fsp3) is 0.556. The van der Waals surface area contributed by atoms with E-state index in [2.05, 4.69) is 5.32 Å². The van der Waals surface area contributed by atoms with E-state index in [1.54, 1.807) is 4.90 Å². The van der Waals surface area contributed by atoms with Gasteiger partial charge in [-0.3, -0.25) is 4.79 Å². The average molecular weight is 347 g/mol. The fourth-order valence-corrected chi connectivity index (χ4v) is 4.23. The first-order valence-corrected chi connectivity index (χ1v) is 9.78. The predicted molar refractivity (Wildman–Crippen MR) is 98.4 cm³/mol. The van der Waals surface area contributed by atoms with Crippen molar-refractivity contribution in [2.75, 3.05) is 43.0 Å². The van der Waals surface area contributed by atoms with E-state index >= 15 is 0 Å². The number of hydrogen-bond acceptors (Lipinski definition) is 3. The summed E-state index contributed by atoms with van der Waals surface area (Å²) in [5.74, 6) is 2.22. The number of urea groups is 1. The number of hydrogen-bond donors (Lipinski definition) is 1. The summed E-state index contributed by atoms with van der Waals surface area (Å²) in [5, 5.41) is 2.95. The van der Waals surface area contributed by atoms with Crippen LogP contribution in [0.1, 0.15) is 18.4 Å². The van der Waals surface area contributed by atoms with E-state index in [-0.39, 0.29) is 17.9 Å². The standard InChI is InChI=1S/C18H25N3O2S/c1-14-4-2-6-16(12-14)19-18(23)21-7-3-5-15(13-21)17(22)20-8-10-24-11-9-20/h2,4,6,12,15H,3,5,7-11,13H2,1H3,(H,19,23). The molecular formula is C18H25N3O2S. The maximum absolute atomic E-state index is 12.7. The molecule has 2 saturated heterocycles. The van der Waals surface area contributed by atoms with Crippen molar-refractivity contribution < 1.29 is 9.59 Å². The Morgan fingerprint density at radius 3 is 2.71 bits per heavy atom. The van der Waals surface area contributed by atoms with Crippen molar-refractivity contribution in [1.82, 2.24) is 9.80 Å². The molecule has 24 heavy (non-hydrogen) atoms. The molecule has 2 heterocycles. The molecule has 0 radical (unpaired) electrons. The van der Waals surface area contributed by atoms with Crippen LogP contribution in [0.3, 0.4) is 0 Å². The van der Waals surface area contributed by atoms with Crippen molar-refractivity contribution in [3.8, 4) is 0 Å². The molecule has 1 atom stereocenters. The lowest BCUT2D eigenvalue weighted by Gasteiger charge is -2.36. The Balaban J connectivity index is 1.58. The van der Waals surface area contributed by atoms with E-state index in [9.17, 15) is 9.59 Å². The minimum absolute atomic E-state index is 0.0508. The number of rotatable bonds is 2. The average Bonchev–Trinajstić information content (AvgIpc) is 2.62. The number of carbonyl (C=O) groups is 2. The number of likely N-dealkylation sites (tertiary alicyclic amines) is 1. The Hall–Kier alpha value is -1.69. The highest BCUT2D eigenvalue weighted by Crippen LogP contribution is 2.22. The van der Waals surface area contributed by atoms with Gasteiger partial charge in [-0.25, -0.2) is 4.79 Å². The van der Waals surface area contributed by atoms with Gasteiger partial charge in [0, 0.05) is 43.4 Å². The Morgan fingerprint density at radius 1 is 1.17 bits per heavy atom. The molecule has 6 heteroatoms. The van der Waals surface area contributed by atoms with Gasteiger partial charge in [0.05, 0.1) is 5.92 Å². The smallest absolute Gasteiger partial charge is 0.321 e. The maximum atomic E-state index is 12.7. The zero-order valence-corrected chi connectivity index (χ0v) is 15.0. The lowest BCUT2D eigenvalue weighted by molar-refractivity contribution is -0.136. The van der Waals surface area contributed by atoms with Crippen LogP contribution in [0.15, 0.2) is 24.3 Å². The second kappa shape index (κ2) is 7.92. The van der Waals surface area contributed by atoms with Gasteiger partial charge in [-0.05, 0) is 37.5 Å². The minimum Gasteiger partial charge on any atom is -0.341 e. The summed E-state index contributed by atoms with van der Waals surface area (Å²) in [6.45, 7) is 4.94. The summed E-state index contributed by atoms with van der Waals surface area (Å²) in [4.78, 5) is 29.0. The topological polar surface area (TPSA) is 52.7 Å². The monoisotopic (exact) mass is 347 g/mol. The van der Waals surface area contributed by atoms with Gasteiger partial charge in [0.25, 0.3) is 0 Å². The summed E-state index contributed by atoms with van der Waals surface area (Å²) in [7, 11) is 0. The zero-order chi connectivity index (χ0) is 16.9. The van der Waals surface area contributed by atoms with Crippen LogP contribution in [-0.4, -0.2) is 59.4 Å². The van der Waals surface area contributed by atoms with Crippen molar-refractivity contribution in [2.45, 2.75) is 19.8 Å². The SMILES string of the molecule is Cc1cccc(NC(=O)N2CCCC(C(=O)N3CCSCC3)C2)c1. The van der Waals surface area contributed by atoms with E-state index in [0.29, 0.717) is 6.54 Å². The molecule has 0 aliphatic carbocycles. The number of aryl methyl sites for hydroxylation is 1. The van der Waals surface area contributed by atoms with Crippen molar-refractivity contribution in [3.63, 3.8) is 0 Å². The van der Waals surface area contributed by atoms with Gasteiger partial charge >= 0.3 is 6.03 Å². The van der Waals surface area contributed by atoms with Crippen molar-refractivity contribution in [1.29, 1.82) is 0 Å². The number of nitrogens with zero attached hydrogens (tertiary/aromatic N) is 2. The Kier molecular flexibility index (Phi) is 5.66. The van der Waals surface area contributed by atoms with Gasteiger partial charge in [-0.1, -0.05) is 12.1 Å². The van der Waals surface area contributed by atoms with E-state index in [0.717, 1.165) is 55.2 Å². The third kappa shape index (κ3) is 4.23. The van der Waals surface area contributed by atoms with Crippen molar-refractivity contribution in [2.24, 2.45) is 5.92 Å². The molecule has 130 valence electrons. The summed E-state index contributed by atoms with van der Waals surface area (Å²) in [6, 6.07) is 7.68. The van der Waals surface area contributed by atoms with Crippen LogP contribution in [0.5, 0.6) is 0 Å². The molecule has 1 unspecified atom stereocenters. The maximum Gasteiger partial charge on any atom is 0.321 e. The lowest BCUT2D eigenvalue weighted by Crippen LogP contribution is -2.49. The first-order chi connectivity index (χ1) is 11.6. The first-order valence-electron chi connectivity index (χ1n) is 8.62. The summed E-state index contributed by atoms with van der Waals surface area (Å²) < 4.78 is 0. The summed E-state index contributed by atoms with van der Waals surface area (Å²) >= 11 is 1.90. The molecule has 0 bridgehead atoms. The first kappa shape index (κ1) is 17.1. The number of carbonyl (C=O) groups excluding carboxylic acids is 2. The van der Waals surface area contributed by atoms with Gasteiger partial charge in [-0.15, -0.1) is 0 Å². The van der Waals surface area contributed by atoms with Gasteiger partial charge < -0.3 is 15.1 Å². The molecular weight excluding hydrogens is 322 g/mol. The van der Waals surface area contributed by atoms with Crippen LogP contribution >= 0.6 is 11.8 Å². The molecule has 2 aliphatic rings. The number of nitrogens with one attached hydrogen (secondary N) is 1. The van der Waals surface area contributed by atoms with Crippen LogP contribution < -0.4 is 5.32 Å². The summed E-state index contributed by atoms with van der Waals surface area (Å²) in [5.41, 5.74) is 1.92. The molecule has 3 rings (SSSR count). The number of piperidine rings is 1. The van der Waals surface area contributed by atoms with Gasteiger partial charge in [0.2, 0.25) is 5.91 Å². The number of benzene rings is 1. The fourth-order valence-electron chi connectivity index (χ4n) is 3.33. The molecule has 1 aromatic carbocycles. The van der Waals surface area contributed by atoms with Crippen LogP contribution in [0.4, 0.5) is 10.5 Å². The van der Waals surface area contributed by atoms with Crippen molar-refractivity contribution >= 4 is 29.4 Å². The molecule has 3 amide bonds. The lowest BCUT2D eigenvalue weighted by atomic mass is 9.96. The van der Waals surface area contributed by atoms with Crippen LogP contribution in [0.2, 0.25) is 0 Å². The number of thioether (sulfide) groups is 1. The Labute approximate surface area is 147 Å². The zero-order valence-electron chi connectivity index (χ0n) is 14.2. The van der Waals surface area contributed by atoms with Crippen LogP contribution in [-0.2, 0) is 4.79 Å². The number of anilines is 1. The molecule has 2 fully saturated rings. The quantitative estimate of drug-likeness (QED) is 0.895. The highest BCUT2D eigenvalue weighted by molar-refractivity contribution is 7.99. The van der Waals surface area contributed by atoms with E-state index in [4.69, 9.17) is 0 Å². The molecule has 1 aromatic rings. The third-order valence-electron chi connectivity index (χ3n) is 4.65. The molecule has 1 N–H and O–H groups in total. The molecule has 5 nitrogen and oxygen atoms in total. The summed E-state index contributed by atoms with van der Waals surface area (Å²) in [6.07, 6.45) is 1.77. The second-order valence-electron chi connectivity index (χ2n) is 6.52. The normalized spacial score (nSPS) is 21.5. The van der Waals surface area contributed by atoms with Crippen molar-refractivity contribution in [3.05, 3.63) is 29.8 Å². The Morgan fingerprint density at radius 2 is 1.96 bits per heavy atom. The molecule has 0 aromatic heterocycles.